The molecule has 2 saturated heterocycles. The summed E-state index contributed by atoms with van der Waals surface area (Å²) in [5.41, 5.74) is 0.944. The Morgan fingerprint density at radius 3 is 2.21 bits per heavy atom. The van der Waals surface area contributed by atoms with Gasteiger partial charge >= 0.3 is 7.59 Å². The van der Waals surface area contributed by atoms with E-state index in [-0.39, 0.29) is 0 Å². The molecule has 0 aromatic heterocycles. The second kappa shape index (κ2) is 4.91. The van der Waals surface area contributed by atoms with Gasteiger partial charge in [0.15, 0.2) is 0 Å². The molecule has 0 N–H and O–H groups in total. The van der Waals surface area contributed by atoms with Gasteiger partial charge in [0, 0.05) is 38.2 Å². The third-order valence-corrected chi connectivity index (χ3v) is 6.59. The molecule has 19 heavy (non-hydrogen) atoms. The number of halogens is 1. The Labute approximate surface area is 118 Å². The standard InChI is InChI=1S/C12H16ClN4OP/c1-15(14-10-11-2-4-12(13)5-3-11)19(18,16-6-7-16)17-8-9-17/h2-5,10H,6-9H2,1H3/b14-10+. The van der Waals surface area contributed by atoms with E-state index in [1.54, 1.807) is 18.0 Å². The predicted molar refractivity (Wildman–Crippen MR) is 77.6 cm³/mol. The highest BCUT2D eigenvalue weighted by Crippen LogP contribution is 2.62. The van der Waals surface area contributed by atoms with Gasteiger partial charge in [0.1, 0.15) is 0 Å². The van der Waals surface area contributed by atoms with Gasteiger partial charge in [-0.05, 0) is 17.7 Å². The van der Waals surface area contributed by atoms with Crippen molar-refractivity contribution in [3.63, 3.8) is 0 Å². The quantitative estimate of drug-likeness (QED) is 0.362. The summed E-state index contributed by atoms with van der Waals surface area (Å²) in [6.45, 7) is 3.59. The van der Waals surface area contributed by atoms with Gasteiger partial charge in [-0.3, -0.25) is 4.57 Å². The van der Waals surface area contributed by atoms with Gasteiger partial charge in [0.2, 0.25) is 0 Å². The third-order valence-electron chi connectivity index (χ3n) is 3.21. The molecule has 102 valence electrons. The fraction of sp³-hybridized carbons (Fsp3) is 0.417. The molecule has 0 spiro atoms. The van der Waals surface area contributed by atoms with Crippen LogP contribution in [0.2, 0.25) is 5.02 Å². The number of hydrogen-bond acceptors (Lipinski definition) is 2. The summed E-state index contributed by atoms with van der Waals surface area (Å²) in [4.78, 5) is 0. The zero-order valence-corrected chi connectivity index (χ0v) is 12.4. The number of hydrogen-bond donors (Lipinski definition) is 0. The second-order valence-corrected chi connectivity index (χ2v) is 7.88. The van der Waals surface area contributed by atoms with Crippen molar-refractivity contribution < 1.29 is 4.57 Å². The number of nitrogens with zero attached hydrogens (tertiary/aromatic N) is 4. The lowest BCUT2D eigenvalue weighted by Crippen LogP contribution is -2.19. The molecule has 2 fully saturated rings. The van der Waals surface area contributed by atoms with E-state index >= 15 is 0 Å². The van der Waals surface area contributed by atoms with Crippen LogP contribution in [0, 0.1) is 0 Å². The van der Waals surface area contributed by atoms with Crippen LogP contribution in [-0.2, 0) is 4.57 Å². The van der Waals surface area contributed by atoms with Gasteiger partial charge in [-0.25, -0.2) is 14.1 Å². The second-order valence-electron chi connectivity index (χ2n) is 4.71. The van der Waals surface area contributed by atoms with Gasteiger partial charge < -0.3 is 0 Å². The zero-order valence-electron chi connectivity index (χ0n) is 10.7. The highest BCUT2D eigenvalue weighted by atomic mass is 35.5. The molecule has 2 aliphatic rings. The van der Waals surface area contributed by atoms with Crippen LogP contribution in [0.1, 0.15) is 5.56 Å². The van der Waals surface area contributed by atoms with E-state index in [4.69, 9.17) is 11.6 Å². The number of hydrazone groups is 1. The maximum absolute atomic E-state index is 13.0. The number of benzene rings is 1. The van der Waals surface area contributed by atoms with Gasteiger partial charge in [-0.2, -0.15) is 5.10 Å². The summed E-state index contributed by atoms with van der Waals surface area (Å²) in [5, 5.41) is 5.04. The molecule has 0 radical (unpaired) electrons. The minimum Gasteiger partial charge on any atom is -0.262 e. The molecule has 0 saturated carbocycles. The van der Waals surface area contributed by atoms with Crippen LogP contribution in [-0.4, -0.2) is 53.6 Å². The van der Waals surface area contributed by atoms with E-state index < -0.39 is 7.59 Å². The average Bonchev–Trinajstić information content (AvgIpc) is 3.29. The van der Waals surface area contributed by atoms with Crippen molar-refractivity contribution in [2.45, 2.75) is 0 Å². The lowest BCUT2D eigenvalue weighted by atomic mass is 10.2. The molecule has 0 atom stereocenters. The summed E-state index contributed by atoms with van der Waals surface area (Å²) in [5.74, 6) is 0. The van der Waals surface area contributed by atoms with E-state index in [1.165, 1.54) is 0 Å². The molecule has 2 heterocycles. The van der Waals surface area contributed by atoms with E-state index in [0.29, 0.717) is 5.02 Å². The topological polar surface area (TPSA) is 38.7 Å². The fourth-order valence-electron chi connectivity index (χ4n) is 1.92. The van der Waals surface area contributed by atoms with Crippen LogP contribution >= 0.6 is 19.2 Å². The van der Waals surface area contributed by atoms with Crippen LogP contribution in [0.4, 0.5) is 0 Å². The smallest absolute Gasteiger partial charge is 0.262 e. The van der Waals surface area contributed by atoms with Gasteiger partial charge in [0.25, 0.3) is 0 Å². The molecule has 3 rings (SSSR count). The van der Waals surface area contributed by atoms with E-state index in [1.807, 2.05) is 33.6 Å². The lowest BCUT2D eigenvalue weighted by Gasteiger charge is -2.27. The van der Waals surface area contributed by atoms with Crippen LogP contribution in [0.15, 0.2) is 29.4 Å². The predicted octanol–water partition coefficient (Wildman–Crippen LogP) is 2.35. The van der Waals surface area contributed by atoms with Crippen molar-refractivity contribution in [3.8, 4) is 0 Å². The highest BCUT2D eigenvalue weighted by molar-refractivity contribution is 7.57. The number of rotatable bonds is 5. The zero-order chi connectivity index (χ0) is 13.5. The first-order chi connectivity index (χ1) is 9.10. The largest absolute Gasteiger partial charge is 0.326 e. The Hall–Kier alpha value is -0.870. The van der Waals surface area contributed by atoms with Gasteiger partial charge in [-0.15, -0.1) is 0 Å². The van der Waals surface area contributed by atoms with Crippen LogP contribution in [0.3, 0.4) is 0 Å². The molecular formula is C12H16ClN4OP. The van der Waals surface area contributed by atoms with E-state index in [9.17, 15) is 4.57 Å². The first-order valence-corrected chi connectivity index (χ1v) is 8.20. The minimum atomic E-state index is -2.60. The first-order valence-electron chi connectivity index (χ1n) is 6.25. The maximum Gasteiger partial charge on any atom is 0.326 e. The van der Waals surface area contributed by atoms with Crippen molar-refractivity contribution in [1.29, 1.82) is 0 Å². The molecule has 0 aliphatic carbocycles. The summed E-state index contributed by atoms with van der Waals surface area (Å²) >= 11 is 5.83. The summed E-state index contributed by atoms with van der Waals surface area (Å²) < 4.78 is 18.5. The molecular weight excluding hydrogens is 283 g/mol. The Morgan fingerprint density at radius 1 is 1.21 bits per heavy atom. The summed E-state index contributed by atoms with van der Waals surface area (Å²) in [6.07, 6.45) is 1.72. The molecule has 0 amide bonds. The van der Waals surface area contributed by atoms with Crippen molar-refractivity contribution in [1.82, 2.24) is 14.1 Å². The molecule has 0 unspecified atom stereocenters. The van der Waals surface area contributed by atoms with Crippen molar-refractivity contribution in [2.75, 3.05) is 33.2 Å². The Balaban J connectivity index is 1.74. The van der Waals surface area contributed by atoms with Crippen molar-refractivity contribution in [3.05, 3.63) is 34.9 Å². The van der Waals surface area contributed by atoms with Gasteiger partial charge in [0.05, 0.1) is 6.21 Å². The Bertz CT molecular complexity index is 523. The molecule has 5 nitrogen and oxygen atoms in total. The highest BCUT2D eigenvalue weighted by Gasteiger charge is 2.50. The minimum absolute atomic E-state index is 0.698. The van der Waals surface area contributed by atoms with Crippen LogP contribution < -0.4 is 0 Å². The van der Waals surface area contributed by atoms with Crippen molar-refractivity contribution in [2.24, 2.45) is 5.10 Å². The molecule has 1 aromatic carbocycles. The molecule has 1 aromatic rings. The van der Waals surface area contributed by atoms with Crippen molar-refractivity contribution >= 4 is 25.4 Å². The monoisotopic (exact) mass is 298 g/mol. The molecule has 7 heteroatoms. The fourth-order valence-corrected chi connectivity index (χ4v) is 4.55. The first kappa shape index (κ1) is 13.1. The Morgan fingerprint density at radius 2 is 1.74 bits per heavy atom. The summed E-state index contributed by atoms with van der Waals surface area (Å²) in [6, 6.07) is 7.41. The average molecular weight is 299 g/mol. The van der Waals surface area contributed by atoms with Crippen LogP contribution in [0.5, 0.6) is 0 Å². The lowest BCUT2D eigenvalue weighted by molar-refractivity contribution is 0.422. The van der Waals surface area contributed by atoms with E-state index in [0.717, 1.165) is 31.7 Å². The maximum atomic E-state index is 13.0. The van der Waals surface area contributed by atoms with Crippen LogP contribution in [0.25, 0.3) is 0 Å². The Kier molecular flexibility index (Phi) is 3.39. The van der Waals surface area contributed by atoms with E-state index in [2.05, 4.69) is 5.10 Å². The third kappa shape index (κ3) is 2.70. The molecule has 0 bridgehead atoms. The molecule has 2 aliphatic heterocycles. The summed E-state index contributed by atoms with van der Waals surface area (Å²) in [7, 11) is -0.821. The SMILES string of the molecule is CN(/N=C/c1ccc(Cl)cc1)P(=O)(N1CC1)N1CC1. The van der Waals surface area contributed by atoms with Gasteiger partial charge in [-0.1, -0.05) is 23.7 Å². The normalized spacial score (nSPS) is 19.9.